The summed E-state index contributed by atoms with van der Waals surface area (Å²) < 4.78 is 69.3. The van der Waals surface area contributed by atoms with Gasteiger partial charge in [0, 0.05) is 7.05 Å². The molecular weight excluding hydrogens is 427 g/mol. The highest BCUT2D eigenvalue weighted by atomic mass is 32.2. The highest BCUT2D eigenvalue weighted by molar-refractivity contribution is 7.89. The predicted octanol–water partition coefficient (Wildman–Crippen LogP) is 2.63. The monoisotopic (exact) mass is 443 g/mol. The molecule has 1 saturated heterocycles. The van der Waals surface area contributed by atoms with Crippen molar-refractivity contribution in [3.05, 3.63) is 54.1 Å². The second kappa shape index (κ2) is 7.95. The van der Waals surface area contributed by atoms with E-state index in [2.05, 4.69) is 5.32 Å². The van der Waals surface area contributed by atoms with E-state index in [1.165, 1.54) is 31.3 Å². The zero-order chi connectivity index (χ0) is 22.1. The van der Waals surface area contributed by atoms with Crippen molar-refractivity contribution in [1.82, 2.24) is 14.5 Å². The molecule has 0 spiro atoms. The lowest BCUT2D eigenvalue weighted by molar-refractivity contribution is -0.137. The minimum Gasteiger partial charge on any atom is -0.457 e. The standard InChI is InChI=1S/C18H16F3N3O5S/c1-23(11-24-16(25)10-22-17(24)26)30(27,28)15-8-6-14(7-9-15)29-13-4-2-12(3-5-13)18(19,20)21/h2-9H,10-11H2,1H3,(H,22,26). The zero-order valence-corrected chi connectivity index (χ0v) is 16.3. The lowest BCUT2D eigenvalue weighted by Crippen LogP contribution is -2.42. The van der Waals surface area contributed by atoms with Crippen molar-refractivity contribution in [1.29, 1.82) is 0 Å². The first-order valence-electron chi connectivity index (χ1n) is 8.48. The van der Waals surface area contributed by atoms with Crippen LogP contribution in [-0.2, 0) is 21.0 Å². The van der Waals surface area contributed by atoms with E-state index in [1.54, 1.807) is 0 Å². The molecule has 30 heavy (non-hydrogen) atoms. The van der Waals surface area contributed by atoms with Crippen molar-refractivity contribution in [2.45, 2.75) is 11.1 Å². The van der Waals surface area contributed by atoms with Crippen LogP contribution in [0.4, 0.5) is 18.0 Å². The molecule has 1 fully saturated rings. The molecule has 0 aromatic heterocycles. The summed E-state index contributed by atoms with van der Waals surface area (Å²) in [7, 11) is -2.78. The van der Waals surface area contributed by atoms with Crippen LogP contribution in [0, 0.1) is 0 Å². The van der Waals surface area contributed by atoms with E-state index < -0.39 is 40.4 Å². The molecule has 0 radical (unpaired) electrons. The second-order valence-corrected chi connectivity index (χ2v) is 8.37. The third kappa shape index (κ3) is 4.54. The van der Waals surface area contributed by atoms with Gasteiger partial charge < -0.3 is 10.1 Å². The Bertz CT molecular complexity index is 1040. The number of hydrogen-bond acceptors (Lipinski definition) is 5. The Morgan fingerprint density at radius 2 is 1.57 bits per heavy atom. The molecule has 12 heteroatoms. The maximum atomic E-state index is 12.6. The van der Waals surface area contributed by atoms with Crippen LogP contribution in [-0.4, -0.2) is 49.8 Å². The SMILES string of the molecule is CN(CN1C(=O)CNC1=O)S(=O)(=O)c1ccc(Oc2ccc(C(F)(F)F)cc2)cc1. The van der Waals surface area contributed by atoms with Gasteiger partial charge in [-0.3, -0.25) is 4.79 Å². The average Bonchev–Trinajstić information content (AvgIpc) is 3.00. The van der Waals surface area contributed by atoms with Crippen molar-refractivity contribution in [3.63, 3.8) is 0 Å². The minimum atomic E-state index is -4.46. The van der Waals surface area contributed by atoms with Gasteiger partial charge >= 0.3 is 12.2 Å². The normalized spacial score (nSPS) is 14.9. The highest BCUT2D eigenvalue weighted by Crippen LogP contribution is 2.31. The molecule has 1 N–H and O–H groups in total. The van der Waals surface area contributed by atoms with E-state index in [0.29, 0.717) is 0 Å². The molecule has 0 atom stereocenters. The number of amides is 3. The second-order valence-electron chi connectivity index (χ2n) is 6.32. The van der Waals surface area contributed by atoms with Crippen molar-refractivity contribution in [2.75, 3.05) is 20.3 Å². The summed E-state index contributed by atoms with van der Waals surface area (Å²) >= 11 is 0. The molecular formula is C18H16F3N3O5S. The summed E-state index contributed by atoms with van der Waals surface area (Å²) in [4.78, 5) is 23.9. The number of sulfonamides is 1. The van der Waals surface area contributed by atoms with Crippen LogP contribution >= 0.6 is 0 Å². The van der Waals surface area contributed by atoms with Crippen LogP contribution < -0.4 is 10.1 Å². The number of benzene rings is 2. The lowest BCUT2D eigenvalue weighted by Gasteiger charge is -2.21. The quantitative estimate of drug-likeness (QED) is 0.693. The summed E-state index contributed by atoms with van der Waals surface area (Å²) in [6.07, 6.45) is -4.46. The first-order chi connectivity index (χ1) is 14.0. The smallest absolute Gasteiger partial charge is 0.416 e. The number of imide groups is 1. The largest absolute Gasteiger partial charge is 0.457 e. The van der Waals surface area contributed by atoms with Gasteiger partial charge in [0.1, 0.15) is 11.5 Å². The van der Waals surface area contributed by atoms with E-state index in [0.717, 1.165) is 33.5 Å². The van der Waals surface area contributed by atoms with Crippen LogP contribution in [0.1, 0.15) is 5.56 Å². The third-order valence-electron chi connectivity index (χ3n) is 4.23. The number of hydrogen-bond donors (Lipinski definition) is 1. The maximum Gasteiger partial charge on any atom is 0.416 e. The molecule has 3 amide bonds. The van der Waals surface area contributed by atoms with Crippen LogP contribution in [0.25, 0.3) is 0 Å². The van der Waals surface area contributed by atoms with Gasteiger partial charge in [0.2, 0.25) is 10.0 Å². The fraction of sp³-hybridized carbons (Fsp3) is 0.222. The first-order valence-corrected chi connectivity index (χ1v) is 9.92. The number of rotatable bonds is 6. The van der Waals surface area contributed by atoms with Crippen LogP contribution in [0.15, 0.2) is 53.4 Å². The number of nitrogens with zero attached hydrogens (tertiary/aromatic N) is 2. The Kier molecular flexibility index (Phi) is 5.72. The topological polar surface area (TPSA) is 96.0 Å². The Balaban J connectivity index is 1.69. The predicted molar refractivity (Wildman–Crippen MR) is 98.0 cm³/mol. The van der Waals surface area contributed by atoms with Crippen LogP contribution in [0.3, 0.4) is 0 Å². The number of alkyl halides is 3. The van der Waals surface area contributed by atoms with Gasteiger partial charge in [0.15, 0.2) is 0 Å². The molecule has 1 aliphatic rings. The maximum absolute atomic E-state index is 12.6. The Morgan fingerprint density at radius 1 is 1.03 bits per heavy atom. The number of nitrogens with one attached hydrogen (secondary N) is 1. The van der Waals surface area contributed by atoms with E-state index in [4.69, 9.17) is 4.74 Å². The number of carbonyl (C=O) groups is 2. The molecule has 0 unspecified atom stereocenters. The summed E-state index contributed by atoms with van der Waals surface area (Å²) in [6.45, 7) is -0.639. The summed E-state index contributed by atoms with van der Waals surface area (Å²) in [5.41, 5.74) is -0.815. The number of carbonyl (C=O) groups excluding carboxylic acids is 2. The Hall–Kier alpha value is -3.12. The van der Waals surface area contributed by atoms with E-state index in [9.17, 15) is 31.2 Å². The molecule has 0 aliphatic carbocycles. The fourth-order valence-corrected chi connectivity index (χ4v) is 3.69. The first kappa shape index (κ1) is 21.6. The van der Waals surface area contributed by atoms with Crippen molar-refractivity contribution >= 4 is 22.0 Å². The number of urea groups is 1. The van der Waals surface area contributed by atoms with Gasteiger partial charge in [-0.25, -0.2) is 18.1 Å². The summed E-state index contributed by atoms with van der Waals surface area (Å²) in [5, 5.41) is 2.30. The number of halogens is 3. The molecule has 1 aliphatic heterocycles. The Labute approximate surface area is 169 Å². The minimum absolute atomic E-state index is 0.114. The van der Waals surface area contributed by atoms with Gasteiger partial charge in [0.25, 0.3) is 5.91 Å². The van der Waals surface area contributed by atoms with Crippen LogP contribution in [0.2, 0.25) is 0 Å². The molecule has 2 aromatic rings. The van der Waals surface area contributed by atoms with Gasteiger partial charge in [-0.2, -0.15) is 17.5 Å². The lowest BCUT2D eigenvalue weighted by atomic mass is 10.2. The average molecular weight is 443 g/mol. The molecule has 3 rings (SSSR count). The highest BCUT2D eigenvalue weighted by Gasteiger charge is 2.33. The third-order valence-corrected chi connectivity index (χ3v) is 6.03. The van der Waals surface area contributed by atoms with Gasteiger partial charge in [-0.05, 0) is 48.5 Å². The molecule has 160 valence electrons. The molecule has 1 heterocycles. The summed E-state index contributed by atoms with van der Waals surface area (Å²) in [5.74, 6) is -0.179. The van der Waals surface area contributed by atoms with E-state index in [-0.39, 0.29) is 22.9 Å². The van der Waals surface area contributed by atoms with Crippen molar-refractivity contribution in [2.24, 2.45) is 0 Å². The van der Waals surface area contributed by atoms with Gasteiger partial charge in [-0.1, -0.05) is 0 Å². The van der Waals surface area contributed by atoms with E-state index in [1.807, 2.05) is 0 Å². The Morgan fingerprint density at radius 3 is 2.03 bits per heavy atom. The van der Waals surface area contributed by atoms with Gasteiger partial charge in [-0.15, -0.1) is 0 Å². The zero-order valence-electron chi connectivity index (χ0n) is 15.5. The van der Waals surface area contributed by atoms with Crippen molar-refractivity contribution < 1.29 is 35.9 Å². The van der Waals surface area contributed by atoms with Crippen molar-refractivity contribution in [3.8, 4) is 11.5 Å². The van der Waals surface area contributed by atoms with E-state index >= 15 is 0 Å². The molecule has 2 aromatic carbocycles. The molecule has 8 nitrogen and oxygen atoms in total. The van der Waals surface area contributed by atoms with Crippen LogP contribution in [0.5, 0.6) is 11.5 Å². The van der Waals surface area contributed by atoms with Gasteiger partial charge in [0.05, 0.1) is 23.7 Å². The fourth-order valence-electron chi connectivity index (χ4n) is 2.58. The molecule has 0 saturated carbocycles. The summed E-state index contributed by atoms with van der Waals surface area (Å²) in [6, 6.07) is 8.55. The molecule has 0 bridgehead atoms. The number of ether oxygens (including phenoxy) is 1.